The summed E-state index contributed by atoms with van der Waals surface area (Å²) in [5.74, 6) is 0.523. The molecule has 1 atom stereocenters. The fourth-order valence-electron chi connectivity index (χ4n) is 3.63. The molecule has 0 aromatic heterocycles. The number of nitrogens with one attached hydrogen (secondary N) is 1. The van der Waals surface area contributed by atoms with Gasteiger partial charge in [-0.1, -0.05) is 41.9 Å². The Morgan fingerprint density at radius 1 is 1.10 bits per heavy atom. The molecule has 31 heavy (non-hydrogen) atoms. The molecule has 0 bridgehead atoms. The Morgan fingerprint density at radius 2 is 1.77 bits per heavy atom. The molecule has 0 aliphatic carbocycles. The summed E-state index contributed by atoms with van der Waals surface area (Å²) in [7, 11) is 5.08. The second kappa shape index (κ2) is 10.6. The second-order valence-corrected chi connectivity index (χ2v) is 8.16. The van der Waals surface area contributed by atoms with Crippen LogP contribution in [0, 0.1) is 0 Å². The maximum absolute atomic E-state index is 13.3. The second-order valence-electron chi connectivity index (χ2n) is 7.75. The minimum Gasteiger partial charge on any atom is -0.495 e. The number of piperazine rings is 1. The number of methoxy groups -OCH3 is 1. The van der Waals surface area contributed by atoms with Crippen LogP contribution >= 0.6 is 11.6 Å². The summed E-state index contributed by atoms with van der Waals surface area (Å²) in [6.45, 7) is 3.23. The summed E-state index contributed by atoms with van der Waals surface area (Å²) in [6, 6.07) is 14.5. The smallest absolute Gasteiger partial charge is 0.246 e. The Balaban J connectivity index is 1.73. The number of halogens is 1. The molecule has 1 unspecified atom stereocenters. The molecule has 1 aliphatic heterocycles. The van der Waals surface area contributed by atoms with E-state index < -0.39 is 6.04 Å². The average molecular weight is 445 g/mol. The molecule has 1 fully saturated rings. The maximum Gasteiger partial charge on any atom is 0.246 e. The largest absolute Gasteiger partial charge is 0.495 e. The number of ether oxygens (including phenoxy) is 1. The molecule has 1 saturated heterocycles. The third-order valence-corrected chi connectivity index (χ3v) is 5.71. The zero-order valence-corrected chi connectivity index (χ0v) is 18.9. The van der Waals surface area contributed by atoms with Gasteiger partial charge in [-0.05, 0) is 23.8 Å². The summed E-state index contributed by atoms with van der Waals surface area (Å²) in [6.07, 6.45) is 0. The Morgan fingerprint density at radius 3 is 2.35 bits per heavy atom. The predicted molar refractivity (Wildman–Crippen MR) is 123 cm³/mol. The van der Waals surface area contributed by atoms with Gasteiger partial charge in [-0.15, -0.1) is 0 Å². The number of benzene rings is 2. The fraction of sp³-hybridized carbons (Fsp3) is 0.391. The van der Waals surface area contributed by atoms with Crippen molar-refractivity contribution in [1.82, 2.24) is 14.7 Å². The zero-order chi connectivity index (χ0) is 22.4. The lowest BCUT2D eigenvalue weighted by molar-refractivity contribution is -0.131. The van der Waals surface area contributed by atoms with Crippen molar-refractivity contribution in [2.45, 2.75) is 6.04 Å². The first-order valence-electron chi connectivity index (χ1n) is 10.2. The van der Waals surface area contributed by atoms with E-state index in [9.17, 15) is 9.59 Å². The molecule has 3 rings (SSSR count). The van der Waals surface area contributed by atoms with Gasteiger partial charge in [0.2, 0.25) is 11.8 Å². The van der Waals surface area contributed by atoms with Crippen LogP contribution < -0.4 is 10.1 Å². The van der Waals surface area contributed by atoms with Gasteiger partial charge < -0.3 is 15.0 Å². The summed E-state index contributed by atoms with van der Waals surface area (Å²) in [5.41, 5.74) is 1.55. The van der Waals surface area contributed by atoms with Crippen molar-refractivity contribution in [3.8, 4) is 5.75 Å². The van der Waals surface area contributed by atoms with E-state index in [4.69, 9.17) is 16.3 Å². The fourth-order valence-corrected chi connectivity index (χ4v) is 3.89. The highest BCUT2D eigenvalue weighted by Crippen LogP contribution is 2.29. The van der Waals surface area contributed by atoms with Crippen molar-refractivity contribution in [2.24, 2.45) is 0 Å². The van der Waals surface area contributed by atoms with Crippen molar-refractivity contribution in [3.63, 3.8) is 0 Å². The minimum absolute atomic E-state index is 0.0854. The molecule has 0 saturated carbocycles. The number of carbonyl (C=O) groups excluding carboxylic acids is 2. The van der Waals surface area contributed by atoms with E-state index in [0.717, 1.165) is 18.7 Å². The SMILES string of the molecule is COc1ccc(NC(=O)C(c2ccccc2)N2CCN(CC(=O)N(C)C)CC2)cc1Cl. The van der Waals surface area contributed by atoms with Crippen LogP contribution in [0.5, 0.6) is 5.75 Å². The molecule has 166 valence electrons. The molecular formula is C23H29ClN4O3. The van der Waals surface area contributed by atoms with E-state index in [1.165, 1.54) is 0 Å². The van der Waals surface area contributed by atoms with E-state index in [0.29, 0.717) is 36.1 Å². The van der Waals surface area contributed by atoms with Gasteiger partial charge in [-0.25, -0.2) is 0 Å². The number of carbonyl (C=O) groups is 2. The first kappa shape index (κ1) is 23.1. The monoisotopic (exact) mass is 444 g/mol. The highest BCUT2D eigenvalue weighted by atomic mass is 35.5. The quantitative estimate of drug-likeness (QED) is 0.711. The number of amides is 2. The van der Waals surface area contributed by atoms with E-state index in [1.54, 1.807) is 44.3 Å². The van der Waals surface area contributed by atoms with E-state index >= 15 is 0 Å². The van der Waals surface area contributed by atoms with Crippen LogP contribution in [0.3, 0.4) is 0 Å². The normalized spacial score (nSPS) is 15.9. The Bertz CT molecular complexity index is 899. The Kier molecular flexibility index (Phi) is 7.90. The lowest BCUT2D eigenvalue weighted by Crippen LogP contribution is -2.52. The van der Waals surface area contributed by atoms with E-state index in [1.807, 2.05) is 30.3 Å². The highest BCUT2D eigenvalue weighted by molar-refractivity contribution is 6.32. The Hall–Kier alpha value is -2.61. The molecule has 2 amide bonds. The molecule has 2 aromatic rings. The molecule has 1 N–H and O–H groups in total. The van der Waals surface area contributed by atoms with E-state index in [-0.39, 0.29) is 11.8 Å². The average Bonchev–Trinajstić information content (AvgIpc) is 2.76. The van der Waals surface area contributed by atoms with Crippen LogP contribution in [0.15, 0.2) is 48.5 Å². The molecule has 7 nitrogen and oxygen atoms in total. The molecule has 8 heteroatoms. The molecule has 0 radical (unpaired) electrons. The van der Waals surface area contributed by atoms with Crippen LogP contribution in [-0.4, -0.2) is 80.4 Å². The van der Waals surface area contributed by atoms with Gasteiger partial charge in [0, 0.05) is 46.0 Å². The predicted octanol–water partition coefficient (Wildman–Crippen LogP) is 2.73. The third-order valence-electron chi connectivity index (χ3n) is 5.41. The third kappa shape index (κ3) is 5.97. The van der Waals surface area contributed by atoms with Crippen LogP contribution in [0.2, 0.25) is 5.02 Å². The molecular weight excluding hydrogens is 416 g/mol. The van der Waals surface area contributed by atoms with Crippen molar-refractivity contribution < 1.29 is 14.3 Å². The maximum atomic E-state index is 13.3. The van der Waals surface area contributed by atoms with Gasteiger partial charge in [0.25, 0.3) is 0 Å². The van der Waals surface area contributed by atoms with Crippen molar-refractivity contribution in [1.29, 1.82) is 0 Å². The van der Waals surface area contributed by atoms with Crippen LogP contribution in [0.4, 0.5) is 5.69 Å². The number of anilines is 1. The number of nitrogens with zero attached hydrogens (tertiary/aromatic N) is 3. The van der Waals surface area contributed by atoms with Crippen LogP contribution in [0.1, 0.15) is 11.6 Å². The van der Waals surface area contributed by atoms with Crippen molar-refractivity contribution in [2.75, 3.05) is 59.2 Å². The molecule has 1 heterocycles. The minimum atomic E-state index is -0.436. The molecule has 0 spiro atoms. The van der Waals surface area contributed by atoms with Crippen molar-refractivity contribution >= 4 is 29.1 Å². The number of hydrogen-bond acceptors (Lipinski definition) is 5. The summed E-state index contributed by atoms with van der Waals surface area (Å²) in [4.78, 5) is 31.2. The number of rotatable bonds is 7. The van der Waals surface area contributed by atoms with Gasteiger partial charge in [-0.3, -0.25) is 19.4 Å². The topological polar surface area (TPSA) is 65.1 Å². The van der Waals surface area contributed by atoms with Gasteiger partial charge >= 0.3 is 0 Å². The van der Waals surface area contributed by atoms with Gasteiger partial charge in [0.1, 0.15) is 11.8 Å². The molecule has 2 aromatic carbocycles. The van der Waals surface area contributed by atoms with Gasteiger partial charge in [-0.2, -0.15) is 0 Å². The first-order valence-corrected chi connectivity index (χ1v) is 10.6. The van der Waals surface area contributed by atoms with Gasteiger partial charge in [0.05, 0.1) is 18.7 Å². The first-order chi connectivity index (χ1) is 14.9. The van der Waals surface area contributed by atoms with Crippen molar-refractivity contribution in [3.05, 3.63) is 59.1 Å². The lowest BCUT2D eigenvalue weighted by atomic mass is 10.0. The standard InChI is InChI=1S/C23H29ClN4O3/c1-26(2)21(29)16-27-11-13-28(14-12-27)22(17-7-5-4-6-8-17)23(30)25-18-9-10-20(31-3)19(24)15-18/h4-10,15,22H,11-14,16H2,1-3H3,(H,25,30). The van der Waals surface area contributed by atoms with Crippen LogP contribution in [-0.2, 0) is 9.59 Å². The molecule has 1 aliphatic rings. The number of likely N-dealkylation sites (N-methyl/N-ethyl adjacent to an activating group) is 1. The summed E-state index contributed by atoms with van der Waals surface area (Å²) >= 11 is 6.21. The zero-order valence-electron chi connectivity index (χ0n) is 18.2. The number of hydrogen-bond donors (Lipinski definition) is 1. The highest BCUT2D eigenvalue weighted by Gasteiger charge is 2.31. The lowest BCUT2D eigenvalue weighted by Gasteiger charge is -2.38. The Labute approximate surface area is 188 Å². The van der Waals surface area contributed by atoms with Crippen LogP contribution in [0.25, 0.3) is 0 Å². The van der Waals surface area contributed by atoms with Gasteiger partial charge in [0.15, 0.2) is 0 Å². The summed E-state index contributed by atoms with van der Waals surface area (Å²) < 4.78 is 5.18. The summed E-state index contributed by atoms with van der Waals surface area (Å²) in [5, 5.41) is 3.43. The van der Waals surface area contributed by atoms with E-state index in [2.05, 4.69) is 15.1 Å².